The summed E-state index contributed by atoms with van der Waals surface area (Å²) < 4.78 is 9.68. The summed E-state index contributed by atoms with van der Waals surface area (Å²) in [6, 6.07) is 7.61. The topological polar surface area (TPSA) is 79.6 Å². The maximum atomic E-state index is 12.5. The van der Waals surface area contributed by atoms with Crippen LogP contribution in [0.5, 0.6) is 0 Å². The minimum Gasteiger partial charge on any atom is -0.465 e. The number of benzene rings is 1. The summed E-state index contributed by atoms with van der Waals surface area (Å²) >= 11 is 0. The van der Waals surface area contributed by atoms with Gasteiger partial charge in [0.25, 0.3) is 0 Å². The van der Waals surface area contributed by atoms with Gasteiger partial charge in [-0.3, -0.25) is 0 Å². The molecule has 0 aromatic heterocycles. The standard InChI is InChI=1S/C21H22N2O4/c1-21(2,3)15-9-10-17(14(12-15)13-22)23-11-7-6-8-16(19(24)26-4)18(23)20(25)27-5/h6-12H,1-5H3. The summed E-state index contributed by atoms with van der Waals surface area (Å²) in [5.41, 5.74) is 1.70. The van der Waals surface area contributed by atoms with Gasteiger partial charge in [-0.25, -0.2) is 9.59 Å². The summed E-state index contributed by atoms with van der Waals surface area (Å²) in [6.07, 6.45) is 6.36. The molecule has 0 unspecified atom stereocenters. The van der Waals surface area contributed by atoms with E-state index in [1.54, 1.807) is 30.5 Å². The molecule has 0 spiro atoms. The van der Waals surface area contributed by atoms with Crippen LogP contribution in [0.4, 0.5) is 5.69 Å². The SMILES string of the molecule is COC(=O)C1=C(C(=O)OC)N(c2ccc(C(C)(C)C)cc2C#N)C=CC=C1. The summed E-state index contributed by atoms with van der Waals surface area (Å²) in [7, 11) is 2.47. The van der Waals surface area contributed by atoms with Gasteiger partial charge in [-0.2, -0.15) is 5.26 Å². The first-order chi connectivity index (χ1) is 12.7. The third kappa shape index (κ3) is 4.09. The average molecular weight is 366 g/mol. The Hall–Kier alpha value is -3.33. The van der Waals surface area contributed by atoms with Gasteiger partial charge in [-0.1, -0.05) is 32.9 Å². The molecule has 0 fully saturated rings. The Balaban J connectivity index is 2.73. The molecular weight excluding hydrogens is 344 g/mol. The second kappa shape index (κ2) is 7.92. The first-order valence-electron chi connectivity index (χ1n) is 8.34. The Labute approximate surface area is 159 Å². The van der Waals surface area contributed by atoms with E-state index in [1.807, 2.05) is 26.8 Å². The lowest BCUT2D eigenvalue weighted by Gasteiger charge is -2.26. The molecule has 0 bridgehead atoms. The number of esters is 2. The maximum Gasteiger partial charge on any atom is 0.355 e. The number of nitrogens with zero attached hydrogens (tertiary/aromatic N) is 2. The highest BCUT2D eigenvalue weighted by Gasteiger charge is 2.29. The first kappa shape index (κ1) is 20.0. The number of hydrogen-bond acceptors (Lipinski definition) is 6. The number of carbonyl (C=O) groups excluding carboxylic acids is 2. The molecule has 1 aliphatic heterocycles. The summed E-state index contributed by atoms with van der Waals surface area (Å²) in [5, 5.41) is 9.67. The fourth-order valence-corrected chi connectivity index (χ4v) is 2.65. The molecule has 0 saturated carbocycles. The van der Waals surface area contributed by atoms with Crippen LogP contribution in [0, 0.1) is 11.3 Å². The average Bonchev–Trinajstić information content (AvgIpc) is 2.88. The lowest BCUT2D eigenvalue weighted by atomic mass is 9.86. The van der Waals surface area contributed by atoms with Gasteiger partial charge in [0, 0.05) is 6.20 Å². The lowest BCUT2D eigenvalue weighted by Crippen LogP contribution is -2.27. The van der Waals surface area contributed by atoms with Crippen LogP contribution in [-0.4, -0.2) is 26.2 Å². The normalized spacial score (nSPS) is 13.9. The van der Waals surface area contributed by atoms with E-state index in [1.165, 1.54) is 25.2 Å². The van der Waals surface area contributed by atoms with Gasteiger partial charge >= 0.3 is 11.9 Å². The van der Waals surface area contributed by atoms with E-state index in [2.05, 4.69) is 6.07 Å². The van der Waals surface area contributed by atoms with Crippen LogP contribution >= 0.6 is 0 Å². The van der Waals surface area contributed by atoms with E-state index in [0.29, 0.717) is 11.3 Å². The highest BCUT2D eigenvalue weighted by molar-refractivity contribution is 6.05. The molecule has 6 heteroatoms. The van der Waals surface area contributed by atoms with Crippen molar-refractivity contribution in [3.63, 3.8) is 0 Å². The zero-order valence-corrected chi connectivity index (χ0v) is 16.1. The van der Waals surface area contributed by atoms with Crippen molar-refractivity contribution in [2.24, 2.45) is 0 Å². The van der Waals surface area contributed by atoms with Crippen molar-refractivity contribution < 1.29 is 19.1 Å². The molecule has 1 aromatic rings. The number of carbonyl (C=O) groups is 2. The molecule has 0 atom stereocenters. The molecule has 1 heterocycles. The van der Waals surface area contributed by atoms with Crippen LogP contribution in [0.25, 0.3) is 0 Å². The number of methoxy groups -OCH3 is 2. The second-order valence-corrected chi connectivity index (χ2v) is 6.91. The van der Waals surface area contributed by atoms with E-state index < -0.39 is 11.9 Å². The van der Waals surface area contributed by atoms with Gasteiger partial charge in [0.1, 0.15) is 11.8 Å². The highest BCUT2D eigenvalue weighted by atomic mass is 16.5. The van der Waals surface area contributed by atoms with Gasteiger partial charge in [0.15, 0.2) is 0 Å². The monoisotopic (exact) mass is 366 g/mol. The number of hydrogen-bond donors (Lipinski definition) is 0. The minimum atomic E-state index is -0.713. The zero-order valence-electron chi connectivity index (χ0n) is 16.1. The molecule has 2 rings (SSSR count). The molecule has 140 valence electrons. The van der Waals surface area contributed by atoms with Crippen molar-refractivity contribution in [1.29, 1.82) is 5.26 Å². The van der Waals surface area contributed by atoms with Crippen LogP contribution in [0.2, 0.25) is 0 Å². The van der Waals surface area contributed by atoms with Crippen LogP contribution < -0.4 is 4.90 Å². The van der Waals surface area contributed by atoms with Gasteiger partial charge < -0.3 is 14.4 Å². The molecule has 0 saturated heterocycles. The number of rotatable bonds is 3. The van der Waals surface area contributed by atoms with Crippen LogP contribution in [0.15, 0.2) is 53.9 Å². The summed E-state index contributed by atoms with van der Waals surface area (Å²) in [4.78, 5) is 26.2. The Bertz CT molecular complexity index is 896. The van der Waals surface area contributed by atoms with Gasteiger partial charge in [-0.05, 0) is 35.3 Å². The summed E-state index contributed by atoms with van der Waals surface area (Å²) in [6.45, 7) is 6.15. The van der Waals surface area contributed by atoms with Gasteiger partial charge in [0.2, 0.25) is 0 Å². The highest BCUT2D eigenvalue weighted by Crippen LogP contribution is 2.32. The third-order valence-corrected chi connectivity index (χ3v) is 4.13. The molecule has 0 amide bonds. The third-order valence-electron chi connectivity index (χ3n) is 4.13. The molecule has 1 aromatic carbocycles. The predicted molar refractivity (Wildman–Crippen MR) is 102 cm³/mol. The zero-order chi connectivity index (χ0) is 20.2. The van der Waals surface area contributed by atoms with Crippen molar-refractivity contribution in [3.8, 4) is 6.07 Å². The molecule has 0 aliphatic carbocycles. The van der Waals surface area contributed by atoms with E-state index in [9.17, 15) is 14.9 Å². The largest absolute Gasteiger partial charge is 0.465 e. The van der Waals surface area contributed by atoms with E-state index >= 15 is 0 Å². The quantitative estimate of drug-likeness (QED) is 0.763. The van der Waals surface area contributed by atoms with E-state index in [0.717, 1.165) is 5.56 Å². The maximum absolute atomic E-state index is 12.5. The van der Waals surface area contributed by atoms with Crippen molar-refractivity contribution in [1.82, 2.24) is 0 Å². The van der Waals surface area contributed by atoms with Gasteiger partial charge in [0.05, 0.1) is 31.0 Å². The number of allylic oxidation sites excluding steroid dienone is 2. The van der Waals surface area contributed by atoms with Crippen LogP contribution in [0.1, 0.15) is 31.9 Å². The molecule has 6 nitrogen and oxygen atoms in total. The molecule has 1 aliphatic rings. The van der Waals surface area contributed by atoms with Crippen molar-refractivity contribution in [2.45, 2.75) is 26.2 Å². The minimum absolute atomic E-state index is 0.0191. The van der Waals surface area contributed by atoms with Crippen LogP contribution in [0.3, 0.4) is 0 Å². The smallest absolute Gasteiger partial charge is 0.355 e. The van der Waals surface area contributed by atoms with Crippen molar-refractivity contribution in [2.75, 3.05) is 19.1 Å². The lowest BCUT2D eigenvalue weighted by molar-refractivity contribution is -0.139. The van der Waals surface area contributed by atoms with Crippen molar-refractivity contribution >= 4 is 17.6 Å². The number of anilines is 1. The molecule has 0 N–H and O–H groups in total. The van der Waals surface area contributed by atoms with Gasteiger partial charge in [-0.15, -0.1) is 0 Å². The fraction of sp³-hybridized carbons (Fsp3) is 0.286. The Morgan fingerprint density at radius 1 is 1.07 bits per heavy atom. The number of ether oxygens (including phenoxy) is 2. The molecule has 0 radical (unpaired) electrons. The Kier molecular flexibility index (Phi) is 5.86. The Morgan fingerprint density at radius 2 is 1.74 bits per heavy atom. The van der Waals surface area contributed by atoms with Crippen molar-refractivity contribution in [3.05, 3.63) is 65.0 Å². The number of nitriles is 1. The molecule has 27 heavy (non-hydrogen) atoms. The van der Waals surface area contributed by atoms with E-state index in [4.69, 9.17) is 9.47 Å². The Morgan fingerprint density at radius 3 is 2.30 bits per heavy atom. The van der Waals surface area contributed by atoms with Crippen LogP contribution in [-0.2, 0) is 24.5 Å². The first-order valence-corrected chi connectivity index (χ1v) is 8.34. The predicted octanol–water partition coefficient (Wildman–Crippen LogP) is 3.35. The van der Waals surface area contributed by atoms with E-state index in [-0.39, 0.29) is 16.7 Å². The summed E-state index contributed by atoms with van der Waals surface area (Å²) in [5.74, 6) is -1.39. The molecular formula is C21H22N2O4. The fourth-order valence-electron chi connectivity index (χ4n) is 2.65. The second-order valence-electron chi connectivity index (χ2n) is 6.91.